The third-order valence-corrected chi connectivity index (χ3v) is 3.96. The summed E-state index contributed by atoms with van der Waals surface area (Å²) in [5, 5.41) is 29.6. The molecule has 0 bridgehead atoms. The van der Waals surface area contributed by atoms with Crippen molar-refractivity contribution in [3.63, 3.8) is 0 Å². The molecule has 0 aliphatic carbocycles. The van der Waals surface area contributed by atoms with Gasteiger partial charge in [-0.3, -0.25) is 15.0 Å². The van der Waals surface area contributed by atoms with Crippen molar-refractivity contribution in [2.45, 2.75) is 19.6 Å². The van der Waals surface area contributed by atoms with Crippen molar-refractivity contribution in [3.05, 3.63) is 33.9 Å². The van der Waals surface area contributed by atoms with Crippen LogP contribution in [0, 0.1) is 10.1 Å². The summed E-state index contributed by atoms with van der Waals surface area (Å²) in [6.45, 7) is 4.78. The first kappa shape index (κ1) is 15.7. The second-order valence-electron chi connectivity index (χ2n) is 5.29. The van der Waals surface area contributed by atoms with E-state index in [0.29, 0.717) is 24.3 Å². The molecule has 7 heteroatoms. The Morgan fingerprint density at radius 3 is 2.48 bits per heavy atom. The second kappa shape index (κ2) is 6.84. The Morgan fingerprint density at radius 1 is 1.29 bits per heavy atom. The van der Waals surface area contributed by atoms with Gasteiger partial charge in [0.05, 0.1) is 18.1 Å². The lowest BCUT2D eigenvalue weighted by Gasteiger charge is -2.38. The molecule has 0 amide bonds. The predicted molar refractivity (Wildman–Crippen MR) is 79.4 cm³/mol. The summed E-state index contributed by atoms with van der Waals surface area (Å²) in [5.74, 6) is 0. The number of benzene rings is 1. The molecule has 1 aliphatic heterocycles. The van der Waals surface area contributed by atoms with E-state index < -0.39 is 0 Å². The first-order chi connectivity index (χ1) is 10.1. The highest BCUT2D eigenvalue weighted by molar-refractivity contribution is 5.64. The molecule has 2 rings (SSSR count). The van der Waals surface area contributed by atoms with Gasteiger partial charge in [0.2, 0.25) is 0 Å². The van der Waals surface area contributed by atoms with Crippen LogP contribution in [-0.2, 0) is 6.61 Å². The average molecular weight is 295 g/mol. The maximum atomic E-state index is 11.2. The molecule has 1 aliphatic rings. The molecular weight excluding hydrogens is 274 g/mol. The van der Waals surface area contributed by atoms with Crippen molar-refractivity contribution in [3.8, 4) is 0 Å². The van der Waals surface area contributed by atoms with E-state index in [9.17, 15) is 20.3 Å². The van der Waals surface area contributed by atoms with Gasteiger partial charge >= 0.3 is 0 Å². The molecular formula is C14H21N3O4. The molecule has 21 heavy (non-hydrogen) atoms. The molecule has 0 saturated carbocycles. The van der Waals surface area contributed by atoms with Gasteiger partial charge in [-0.2, -0.15) is 0 Å². The van der Waals surface area contributed by atoms with Gasteiger partial charge in [-0.05, 0) is 24.6 Å². The first-order valence-electron chi connectivity index (χ1n) is 7.05. The summed E-state index contributed by atoms with van der Waals surface area (Å²) >= 11 is 0. The fourth-order valence-electron chi connectivity index (χ4n) is 2.59. The lowest BCUT2D eigenvalue weighted by Crippen LogP contribution is -2.50. The minimum absolute atomic E-state index is 0.0656. The van der Waals surface area contributed by atoms with Crippen molar-refractivity contribution in [1.82, 2.24) is 4.90 Å². The number of nitrogens with zero attached hydrogens (tertiary/aromatic N) is 3. The number of aliphatic hydroxyl groups excluding tert-OH is 2. The Balaban J connectivity index is 2.17. The highest BCUT2D eigenvalue weighted by Crippen LogP contribution is 2.30. The zero-order chi connectivity index (χ0) is 15.4. The summed E-state index contributed by atoms with van der Waals surface area (Å²) in [6.07, 6.45) is 0. The normalized spacial score (nSPS) is 17.8. The van der Waals surface area contributed by atoms with Crippen molar-refractivity contribution >= 4 is 11.4 Å². The van der Waals surface area contributed by atoms with Crippen LogP contribution in [0.1, 0.15) is 12.5 Å². The van der Waals surface area contributed by atoms with E-state index in [-0.39, 0.29) is 29.9 Å². The van der Waals surface area contributed by atoms with Gasteiger partial charge in [-0.25, -0.2) is 0 Å². The summed E-state index contributed by atoms with van der Waals surface area (Å²) < 4.78 is 0. The Hall–Kier alpha value is -1.70. The van der Waals surface area contributed by atoms with Gasteiger partial charge in [-0.1, -0.05) is 0 Å². The highest BCUT2D eigenvalue weighted by Gasteiger charge is 2.25. The number of nitro benzene ring substituents is 1. The van der Waals surface area contributed by atoms with Crippen LogP contribution >= 0.6 is 0 Å². The smallest absolute Gasteiger partial charge is 0.292 e. The van der Waals surface area contributed by atoms with Gasteiger partial charge in [0.25, 0.3) is 5.69 Å². The molecule has 2 N–H and O–H groups in total. The number of piperazine rings is 1. The molecule has 1 saturated heterocycles. The van der Waals surface area contributed by atoms with Crippen LogP contribution in [-0.4, -0.2) is 58.9 Å². The molecule has 7 nitrogen and oxygen atoms in total. The highest BCUT2D eigenvalue weighted by atomic mass is 16.6. The predicted octanol–water partition coefficient (Wildman–Crippen LogP) is 0.590. The Morgan fingerprint density at radius 2 is 1.95 bits per heavy atom. The van der Waals surface area contributed by atoms with Crippen molar-refractivity contribution in [2.24, 2.45) is 0 Å². The SMILES string of the molecule is C[C@H](CO)N1CCN(c2cc(CO)ccc2[N+](=O)[O-])CC1. The van der Waals surface area contributed by atoms with Crippen molar-refractivity contribution < 1.29 is 15.1 Å². The quantitative estimate of drug-likeness (QED) is 0.610. The Kier molecular flexibility index (Phi) is 5.11. The van der Waals surface area contributed by atoms with Crippen LogP contribution in [0.4, 0.5) is 11.4 Å². The van der Waals surface area contributed by atoms with E-state index >= 15 is 0 Å². The van der Waals surface area contributed by atoms with E-state index in [0.717, 1.165) is 13.1 Å². The van der Waals surface area contributed by atoms with Gasteiger partial charge in [-0.15, -0.1) is 0 Å². The third-order valence-electron chi connectivity index (χ3n) is 3.96. The van der Waals surface area contributed by atoms with Gasteiger partial charge < -0.3 is 15.1 Å². The molecule has 0 spiro atoms. The monoisotopic (exact) mass is 295 g/mol. The van der Waals surface area contributed by atoms with Crippen molar-refractivity contribution in [1.29, 1.82) is 0 Å². The zero-order valence-corrected chi connectivity index (χ0v) is 12.1. The number of nitro groups is 1. The fourth-order valence-corrected chi connectivity index (χ4v) is 2.59. The lowest BCUT2D eigenvalue weighted by molar-refractivity contribution is -0.384. The first-order valence-corrected chi connectivity index (χ1v) is 7.05. The van der Waals surface area contributed by atoms with E-state index in [2.05, 4.69) is 4.90 Å². The molecule has 1 aromatic rings. The van der Waals surface area contributed by atoms with Crippen LogP contribution in [0.2, 0.25) is 0 Å². The Labute approximate surface area is 123 Å². The summed E-state index contributed by atoms with van der Waals surface area (Å²) in [7, 11) is 0. The third kappa shape index (κ3) is 3.49. The van der Waals surface area contributed by atoms with E-state index in [1.807, 2.05) is 11.8 Å². The van der Waals surface area contributed by atoms with Gasteiger partial charge in [0.15, 0.2) is 0 Å². The molecule has 116 valence electrons. The van der Waals surface area contributed by atoms with Crippen molar-refractivity contribution in [2.75, 3.05) is 37.7 Å². The van der Waals surface area contributed by atoms with E-state index in [4.69, 9.17) is 0 Å². The maximum absolute atomic E-state index is 11.2. The standard InChI is InChI=1S/C14H21N3O4/c1-11(9-18)15-4-6-16(7-5-15)14-8-12(10-19)2-3-13(14)17(20)21/h2-3,8,11,18-19H,4-7,9-10H2,1H3/t11-/m1/s1. The maximum Gasteiger partial charge on any atom is 0.292 e. The number of aliphatic hydroxyl groups is 2. The summed E-state index contributed by atoms with van der Waals surface area (Å²) in [4.78, 5) is 14.9. The van der Waals surface area contributed by atoms with Gasteiger partial charge in [0.1, 0.15) is 5.69 Å². The molecule has 1 heterocycles. The summed E-state index contributed by atoms with van der Waals surface area (Å²) in [5.41, 5.74) is 1.29. The lowest BCUT2D eigenvalue weighted by atomic mass is 10.1. The average Bonchev–Trinajstić information content (AvgIpc) is 2.53. The van der Waals surface area contributed by atoms with E-state index in [1.54, 1.807) is 12.1 Å². The molecule has 0 radical (unpaired) electrons. The minimum Gasteiger partial charge on any atom is -0.395 e. The topological polar surface area (TPSA) is 90.1 Å². The molecule has 1 atom stereocenters. The number of hydrogen-bond donors (Lipinski definition) is 2. The minimum atomic E-state index is -0.390. The number of anilines is 1. The molecule has 1 aromatic carbocycles. The Bertz CT molecular complexity index is 501. The number of rotatable bonds is 5. The number of hydrogen-bond acceptors (Lipinski definition) is 6. The summed E-state index contributed by atoms with van der Waals surface area (Å²) in [6, 6.07) is 4.81. The molecule has 0 unspecified atom stereocenters. The van der Waals surface area contributed by atoms with Crippen LogP contribution in [0.15, 0.2) is 18.2 Å². The molecule has 0 aromatic heterocycles. The second-order valence-corrected chi connectivity index (χ2v) is 5.29. The van der Waals surface area contributed by atoms with Crippen LogP contribution in [0.25, 0.3) is 0 Å². The van der Waals surface area contributed by atoms with E-state index in [1.165, 1.54) is 6.07 Å². The largest absolute Gasteiger partial charge is 0.395 e. The van der Waals surface area contributed by atoms with Crippen LogP contribution in [0.3, 0.4) is 0 Å². The fraction of sp³-hybridized carbons (Fsp3) is 0.571. The van der Waals surface area contributed by atoms with Crippen LogP contribution in [0.5, 0.6) is 0 Å². The molecule has 1 fully saturated rings. The van der Waals surface area contributed by atoms with Gasteiger partial charge in [0, 0.05) is 38.3 Å². The van der Waals surface area contributed by atoms with Crippen LogP contribution < -0.4 is 4.90 Å². The zero-order valence-electron chi connectivity index (χ0n) is 12.1.